The minimum absolute atomic E-state index is 0.0166. The highest BCUT2D eigenvalue weighted by molar-refractivity contribution is 5.78. The third kappa shape index (κ3) is 2.32. The maximum absolute atomic E-state index is 11.2. The van der Waals surface area contributed by atoms with Gasteiger partial charge in [-0.25, -0.2) is 4.98 Å². The maximum Gasteiger partial charge on any atom is 0.290 e. The minimum atomic E-state index is -0.471. The smallest absolute Gasteiger partial charge is 0.273 e. The summed E-state index contributed by atoms with van der Waals surface area (Å²) in [5.74, 6) is 0.468. The van der Waals surface area contributed by atoms with Crippen LogP contribution in [0.4, 0.5) is 11.5 Å². The average Bonchev–Trinajstić information content (AvgIpc) is 2.28. The zero-order valence-corrected chi connectivity index (χ0v) is 9.34. The fraction of sp³-hybridized carbons (Fsp3) is 0.400. The fourth-order valence-electron chi connectivity index (χ4n) is 1.70. The zero-order chi connectivity index (χ0) is 12.4. The van der Waals surface area contributed by atoms with E-state index < -0.39 is 4.92 Å². The van der Waals surface area contributed by atoms with E-state index >= 15 is 0 Å². The van der Waals surface area contributed by atoms with Crippen LogP contribution in [0.2, 0.25) is 0 Å². The SMILES string of the molecule is Cc1cc(N2CCCC(=O)N2)ncc1[N+](=O)[O-]. The molecule has 0 radical (unpaired) electrons. The van der Waals surface area contributed by atoms with Crippen molar-refractivity contribution in [3.8, 4) is 0 Å². The third-order valence-electron chi connectivity index (χ3n) is 2.59. The molecule has 1 saturated heterocycles. The summed E-state index contributed by atoms with van der Waals surface area (Å²) in [5.41, 5.74) is 3.18. The van der Waals surface area contributed by atoms with Crippen LogP contribution in [0.1, 0.15) is 18.4 Å². The van der Waals surface area contributed by atoms with Crippen molar-refractivity contribution < 1.29 is 9.72 Å². The van der Waals surface area contributed by atoms with Crippen LogP contribution in [0.15, 0.2) is 12.3 Å². The topological polar surface area (TPSA) is 88.4 Å². The molecule has 2 rings (SSSR count). The van der Waals surface area contributed by atoms with Gasteiger partial charge in [0.2, 0.25) is 5.91 Å². The maximum atomic E-state index is 11.2. The normalized spacial score (nSPS) is 15.6. The van der Waals surface area contributed by atoms with E-state index in [-0.39, 0.29) is 11.6 Å². The molecule has 0 aliphatic carbocycles. The summed E-state index contributed by atoms with van der Waals surface area (Å²) in [6.07, 6.45) is 2.47. The predicted octanol–water partition coefficient (Wildman–Crippen LogP) is 0.930. The summed E-state index contributed by atoms with van der Waals surface area (Å²) in [4.78, 5) is 25.4. The van der Waals surface area contributed by atoms with Gasteiger partial charge in [-0.05, 0) is 19.4 Å². The van der Waals surface area contributed by atoms with E-state index in [0.717, 1.165) is 6.42 Å². The van der Waals surface area contributed by atoms with Crippen LogP contribution in [0.3, 0.4) is 0 Å². The van der Waals surface area contributed by atoms with Gasteiger partial charge in [-0.1, -0.05) is 0 Å². The van der Waals surface area contributed by atoms with E-state index in [4.69, 9.17) is 0 Å². The average molecular weight is 236 g/mol. The number of aromatic nitrogens is 1. The summed E-state index contributed by atoms with van der Waals surface area (Å²) in [6, 6.07) is 1.60. The predicted molar refractivity (Wildman–Crippen MR) is 60.4 cm³/mol. The quantitative estimate of drug-likeness (QED) is 0.609. The summed E-state index contributed by atoms with van der Waals surface area (Å²) >= 11 is 0. The first kappa shape index (κ1) is 11.3. The Bertz CT molecular complexity index is 475. The van der Waals surface area contributed by atoms with Gasteiger partial charge in [0.15, 0.2) is 0 Å². The van der Waals surface area contributed by atoms with Crippen LogP contribution in [0, 0.1) is 17.0 Å². The molecule has 7 nitrogen and oxygen atoms in total. The second-order valence-corrected chi connectivity index (χ2v) is 3.88. The lowest BCUT2D eigenvalue weighted by molar-refractivity contribution is -0.385. The largest absolute Gasteiger partial charge is 0.290 e. The highest BCUT2D eigenvalue weighted by atomic mass is 16.6. The van der Waals surface area contributed by atoms with Gasteiger partial charge in [0.05, 0.1) is 4.92 Å². The van der Waals surface area contributed by atoms with Crippen molar-refractivity contribution in [2.75, 3.05) is 11.6 Å². The Morgan fingerprint density at radius 2 is 2.35 bits per heavy atom. The molecule has 0 spiro atoms. The number of carbonyl (C=O) groups is 1. The molecule has 0 atom stereocenters. The van der Waals surface area contributed by atoms with Crippen molar-refractivity contribution in [3.63, 3.8) is 0 Å². The number of rotatable bonds is 2. The molecule has 0 saturated carbocycles. The van der Waals surface area contributed by atoms with Crippen LogP contribution in [0.25, 0.3) is 0 Å². The van der Waals surface area contributed by atoms with Crippen molar-refractivity contribution in [1.82, 2.24) is 10.4 Å². The number of amides is 1. The van der Waals surface area contributed by atoms with Gasteiger partial charge in [0, 0.05) is 18.5 Å². The molecule has 17 heavy (non-hydrogen) atoms. The first-order valence-corrected chi connectivity index (χ1v) is 5.26. The lowest BCUT2D eigenvalue weighted by Gasteiger charge is -2.28. The number of aryl methyl sites for hydroxylation is 1. The van der Waals surface area contributed by atoms with Crippen LogP contribution >= 0.6 is 0 Å². The van der Waals surface area contributed by atoms with E-state index in [9.17, 15) is 14.9 Å². The van der Waals surface area contributed by atoms with Crippen molar-refractivity contribution in [2.24, 2.45) is 0 Å². The molecular weight excluding hydrogens is 224 g/mol. The third-order valence-corrected chi connectivity index (χ3v) is 2.59. The van der Waals surface area contributed by atoms with Crippen molar-refractivity contribution in [2.45, 2.75) is 19.8 Å². The van der Waals surface area contributed by atoms with Gasteiger partial charge >= 0.3 is 0 Å². The number of hydrogen-bond acceptors (Lipinski definition) is 5. The lowest BCUT2D eigenvalue weighted by atomic mass is 10.2. The Kier molecular flexibility index (Phi) is 2.90. The summed E-state index contributed by atoms with van der Waals surface area (Å²) < 4.78 is 0. The number of nitrogens with one attached hydrogen (secondary N) is 1. The van der Waals surface area contributed by atoms with E-state index in [1.165, 1.54) is 6.20 Å². The molecule has 0 aromatic carbocycles. The molecule has 1 aliphatic rings. The highest BCUT2D eigenvalue weighted by Gasteiger charge is 2.19. The van der Waals surface area contributed by atoms with E-state index in [1.807, 2.05) is 0 Å². The molecule has 90 valence electrons. The summed E-state index contributed by atoms with van der Waals surface area (Å²) in [5, 5.41) is 12.3. The Hall–Kier alpha value is -2.18. The Labute approximate surface area is 97.6 Å². The number of pyridine rings is 1. The van der Waals surface area contributed by atoms with Crippen molar-refractivity contribution >= 4 is 17.4 Å². The number of nitrogens with zero attached hydrogens (tertiary/aromatic N) is 3. The first-order valence-electron chi connectivity index (χ1n) is 5.26. The van der Waals surface area contributed by atoms with Gasteiger partial charge in [-0.2, -0.15) is 0 Å². The van der Waals surface area contributed by atoms with Crippen LogP contribution in [-0.2, 0) is 4.79 Å². The van der Waals surface area contributed by atoms with Crippen LogP contribution in [-0.4, -0.2) is 22.4 Å². The van der Waals surface area contributed by atoms with E-state index in [1.54, 1.807) is 18.0 Å². The Morgan fingerprint density at radius 1 is 1.59 bits per heavy atom. The van der Waals surface area contributed by atoms with Crippen molar-refractivity contribution in [1.29, 1.82) is 0 Å². The molecule has 1 amide bonds. The molecule has 7 heteroatoms. The molecule has 0 unspecified atom stereocenters. The van der Waals surface area contributed by atoms with E-state index in [2.05, 4.69) is 10.4 Å². The fourth-order valence-corrected chi connectivity index (χ4v) is 1.70. The van der Waals surface area contributed by atoms with Gasteiger partial charge in [0.25, 0.3) is 5.69 Å². The van der Waals surface area contributed by atoms with Crippen LogP contribution in [0.5, 0.6) is 0 Å². The molecule has 1 aromatic heterocycles. The molecule has 1 aliphatic heterocycles. The van der Waals surface area contributed by atoms with E-state index in [0.29, 0.717) is 24.3 Å². The molecule has 0 bridgehead atoms. The Balaban J connectivity index is 2.25. The lowest BCUT2D eigenvalue weighted by Crippen LogP contribution is -2.47. The molecule has 1 aromatic rings. The van der Waals surface area contributed by atoms with Gasteiger partial charge in [-0.3, -0.25) is 25.3 Å². The minimum Gasteiger partial charge on any atom is -0.273 e. The molecule has 1 fully saturated rings. The van der Waals surface area contributed by atoms with Crippen LogP contribution < -0.4 is 10.4 Å². The van der Waals surface area contributed by atoms with Gasteiger partial charge in [0.1, 0.15) is 12.0 Å². The number of nitro groups is 1. The second-order valence-electron chi connectivity index (χ2n) is 3.88. The molecule has 1 N–H and O–H groups in total. The summed E-state index contributed by atoms with van der Waals surface area (Å²) in [7, 11) is 0. The molecular formula is C10H12N4O3. The Morgan fingerprint density at radius 3 is 2.94 bits per heavy atom. The number of anilines is 1. The second kappa shape index (κ2) is 4.36. The molecule has 2 heterocycles. The number of hydrazine groups is 1. The monoisotopic (exact) mass is 236 g/mol. The number of hydrogen-bond donors (Lipinski definition) is 1. The van der Waals surface area contributed by atoms with Gasteiger partial charge in [-0.15, -0.1) is 0 Å². The van der Waals surface area contributed by atoms with Gasteiger partial charge < -0.3 is 0 Å². The summed E-state index contributed by atoms with van der Waals surface area (Å²) in [6.45, 7) is 2.31. The highest BCUT2D eigenvalue weighted by Crippen LogP contribution is 2.21. The number of carbonyl (C=O) groups excluding carboxylic acids is 1. The first-order chi connectivity index (χ1) is 8.08. The standard InChI is InChI=1S/C10H12N4O3/c1-7-5-9(11-6-8(7)14(16)17)13-4-2-3-10(15)12-13/h5-6H,2-4H2,1H3,(H,12,15). The zero-order valence-electron chi connectivity index (χ0n) is 9.34. The van der Waals surface area contributed by atoms with Crippen molar-refractivity contribution in [3.05, 3.63) is 27.9 Å².